The van der Waals surface area contributed by atoms with E-state index in [2.05, 4.69) is 6.58 Å². The number of aliphatic hydroxyl groups is 1. The molecular weight excluding hydrogens is 418 g/mol. The van der Waals surface area contributed by atoms with E-state index >= 15 is 0 Å². The first-order valence-electron chi connectivity index (χ1n) is 10.9. The Labute approximate surface area is 191 Å². The summed E-state index contributed by atoms with van der Waals surface area (Å²) in [5.41, 5.74) is -1.04. The minimum Gasteiger partial charge on any atom is -0.458 e. The normalized spacial score (nSPS) is 25.0. The van der Waals surface area contributed by atoms with Crippen molar-refractivity contribution < 1.29 is 38.4 Å². The molecule has 32 heavy (non-hydrogen) atoms. The van der Waals surface area contributed by atoms with Crippen LogP contribution < -0.4 is 0 Å². The molecule has 1 heterocycles. The molecule has 1 fully saturated rings. The largest absolute Gasteiger partial charge is 0.458 e. The summed E-state index contributed by atoms with van der Waals surface area (Å²) in [6.45, 7) is 17.3. The summed E-state index contributed by atoms with van der Waals surface area (Å²) in [5, 5.41) is 10.6. The van der Waals surface area contributed by atoms with Crippen molar-refractivity contribution in [3.05, 3.63) is 12.2 Å². The maximum absolute atomic E-state index is 13.1. The number of hydrogen-bond donors (Lipinski definition) is 1. The minimum atomic E-state index is -1.27. The van der Waals surface area contributed by atoms with E-state index < -0.39 is 53.7 Å². The van der Waals surface area contributed by atoms with E-state index in [1.54, 1.807) is 55.4 Å². The zero-order chi connectivity index (χ0) is 24.9. The van der Waals surface area contributed by atoms with Crippen molar-refractivity contribution in [1.29, 1.82) is 0 Å². The molecule has 2 amide bonds. The fraction of sp³-hybridized carbons (Fsp3) is 0.783. The Morgan fingerprint density at radius 2 is 1.59 bits per heavy atom. The lowest BCUT2D eigenvalue weighted by Gasteiger charge is -2.33. The van der Waals surface area contributed by atoms with Gasteiger partial charge in [-0.05, 0) is 74.7 Å². The molecule has 0 radical (unpaired) electrons. The zero-order valence-electron chi connectivity index (χ0n) is 20.6. The number of cyclic esters (lactones) is 1. The monoisotopic (exact) mass is 457 g/mol. The topological polar surface area (TPSA) is 112 Å². The van der Waals surface area contributed by atoms with E-state index in [-0.39, 0.29) is 19.4 Å². The van der Waals surface area contributed by atoms with Gasteiger partial charge in [0, 0.05) is 0 Å². The highest BCUT2D eigenvalue weighted by atomic mass is 16.6. The van der Waals surface area contributed by atoms with Crippen LogP contribution in [0.2, 0.25) is 0 Å². The van der Waals surface area contributed by atoms with Crippen LogP contribution in [0.5, 0.6) is 0 Å². The number of esters is 1. The van der Waals surface area contributed by atoms with Crippen LogP contribution in [-0.2, 0) is 23.7 Å². The summed E-state index contributed by atoms with van der Waals surface area (Å²) in [4.78, 5) is 39.6. The smallest absolute Gasteiger partial charge is 0.420 e. The number of hydrogen-bond acceptors (Lipinski definition) is 8. The van der Waals surface area contributed by atoms with Gasteiger partial charge in [0.1, 0.15) is 29.5 Å². The highest BCUT2D eigenvalue weighted by Gasteiger charge is 2.43. The first kappa shape index (κ1) is 27.9. The molecule has 1 rings (SSSR count). The van der Waals surface area contributed by atoms with Gasteiger partial charge in [0.2, 0.25) is 0 Å². The van der Waals surface area contributed by atoms with Crippen LogP contribution in [0.4, 0.5) is 9.59 Å². The molecule has 0 saturated carbocycles. The summed E-state index contributed by atoms with van der Waals surface area (Å²) in [7, 11) is 0. The molecule has 0 aromatic rings. The summed E-state index contributed by atoms with van der Waals surface area (Å²) in [6, 6.07) is -1.27. The summed E-state index contributed by atoms with van der Waals surface area (Å²) >= 11 is 0. The third kappa shape index (κ3) is 9.16. The highest BCUT2D eigenvalue weighted by Crippen LogP contribution is 2.25. The molecule has 1 N–H and O–H groups in total. The summed E-state index contributed by atoms with van der Waals surface area (Å²) in [6.07, 6.45) is -3.80. The van der Waals surface area contributed by atoms with E-state index in [1.807, 2.05) is 0 Å². The Morgan fingerprint density at radius 1 is 1.09 bits per heavy atom. The maximum Gasteiger partial charge on any atom is 0.420 e. The van der Waals surface area contributed by atoms with Crippen LogP contribution in [0.25, 0.3) is 0 Å². The van der Waals surface area contributed by atoms with E-state index in [0.717, 1.165) is 5.57 Å². The fourth-order valence-electron chi connectivity index (χ4n) is 3.11. The zero-order valence-corrected chi connectivity index (χ0v) is 20.6. The number of ether oxygens (including phenoxy) is 4. The molecule has 0 aliphatic carbocycles. The Hall–Kier alpha value is -2.13. The van der Waals surface area contributed by atoms with Gasteiger partial charge < -0.3 is 24.1 Å². The number of carbonyl (C=O) groups excluding carboxylic acids is 3. The standard InChI is InChI=1S/C23H39NO8/c1-14(2)13-29-18-15(3)30-19(26)16(11-10-12-17(18)25)24(20(27)31-22(4,5)6)21(28)32-23(7,8)9/h15-18,25H,1,10-13H2,2-9H3/t15-,16-,17-,18-/m0/s1. The molecule has 0 aromatic carbocycles. The van der Waals surface area contributed by atoms with Crippen LogP contribution in [0.15, 0.2) is 12.2 Å². The molecule has 1 aliphatic heterocycles. The van der Waals surface area contributed by atoms with Crippen molar-refractivity contribution in [3.8, 4) is 0 Å². The molecule has 9 heteroatoms. The quantitative estimate of drug-likeness (QED) is 0.383. The predicted octanol–water partition coefficient (Wildman–Crippen LogP) is 3.97. The molecular formula is C23H39NO8. The van der Waals surface area contributed by atoms with Crippen molar-refractivity contribution >= 4 is 18.2 Å². The van der Waals surface area contributed by atoms with Crippen molar-refractivity contribution in [2.45, 2.75) is 110 Å². The Morgan fingerprint density at radius 3 is 2.03 bits per heavy atom. The van der Waals surface area contributed by atoms with Crippen molar-refractivity contribution in [1.82, 2.24) is 4.90 Å². The first-order valence-corrected chi connectivity index (χ1v) is 10.9. The van der Waals surface area contributed by atoms with E-state index in [0.29, 0.717) is 11.3 Å². The average Bonchev–Trinajstić information content (AvgIpc) is 2.60. The number of amides is 2. The van der Waals surface area contributed by atoms with Gasteiger partial charge in [0.25, 0.3) is 0 Å². The van der Waals surface area contributed by atoms with Gasteiger partial charge in [0.15, 0.2) is 0 Å². The number of carbonyl (C=O) groups is 3. The maximum atomic E-state index is 13.1. The van der Waals surface area contributed by atoms with E-state index in [1.165, 1.54) is 0 Å². The van der Waals surface area contributed by atoms with Crippen LogP contribution in [-0.4, -0.2) is 70.3 Å². The van der Waals surface area contributed by atoms with Gasteiger partial charge in [-0.15, -0.1) is 0 Å². The Balaban J connectivity index is 3.22. The number of aliphatic hydroxyl groups excluding tert-OH is 1. The highest BCUT2D eigenvalue weighted by molar-refractivity contribution is 5.94. The van der Waals surface area contributed by atoms with Gasteiger partial charge in [-0.2, -0.15) is 4.90 Å². The molecule has 1 saturated heterocycles. The van der Waals surface area contributed by atoms with Crippen LogP contribution >= 0.6 is 0 Å². The van der Waals surface area contributed by atoms with E-state index in [9.17, 15) is 19.5 Å². The first-order chi connectivity index (χ1) is 14.5. The summed E-state index contributed by atoms with van der Waals surface area (Å²) < 4.78 is 22.0. The molecule has 9 nitrogen and oxygen atoms in total. The Kier molecular flexibility index (Phi) is 9.71. The van der Waals surface area contributed by atoms with Crippen molar-refractivity contribution in [3.63, 3.8) is 0 Å². The molecule has 0 aromatic heterocycles. The number of imide groups is 1. The second-order valence-corrected chi connectivity index (χ2v) is 10.2. The van der Waals surface area contributed by atoms with Crippen molar-refractivity contribution in [2.24, 2.45) is 0 Å². The van der Waals surface area contributed by atoms with E-state index in [4.69, 9.17) is 18.9 Å². The van der Waals surface area contributed by atoms with Gasteiger partial charge in [-0.3, -0.25) is 0 Å². The third-order valence-corrected chi connectivity index (χ3v) is 4.41. The van der Waals surface area contributed by atoms with Gasteiger partial charge >= 0.3 is 18.2 Å². The van der Waals surface area contributed by atoms with Gasteiger partial charge in [-0.1, -0.05) is 12.2 Å². The number of rotatable bonds is 4. The molecule has 0 unspecified atom stereocenters. The minimum absolute atomic E-state index is 0.0777. The van der Waals surface area contributed by atoms with Gasteiger partial charge in [0.05, 0.1) is 12.7 Å². The van der Waals surface area contributed by atoms with Crippen LogP contribution in [0.3, 0.4) is 0 Å². The lowest BCUT2D eigenvalue weighted by atomic mass is 10.0. The van der Waals surface area contributed by atoms with Crippen LogP contribution in [0.1, 0.15) is 74.7 Å². The molecule has 1 aliphatic rings. The lowest BCUT2D eigenvalue weighted by Crippen LogP contribution is -2.53. The second-order valence-electron chi connectivity index (χ2n) is 10.2. The fourth-order valence-corrected chi connectivity index (χ4v) is 3.11. The molecule has 0 bridgehead atoms. The van der Waals surface area contributed by atoms with Crippen LogP contribution in [0, 0.1) is 0 Å². The predicted molar refractivity (Wildman–Crippen MR) is 118 cm³/mol. The molecule has 4 atom stereocenters. The lowest BCUT2D eigenvalue weighted by molar-refractivity contribution is -0.166. The SMILES string of the molecule is C=C(C)CO[C@H]1[C@H](C)OC(=O)[C@@H](N(C(=O)OC(C)(C)C)C(=O)OC(C)(C)C)CCC[C@@H]1O. The second kappa shape index (κ2) is 11.1. The van der Waals surface area contributed by atoms with Gasteiger partial charge in [-0.25, -0.2) is 14.4 Å². The Bertz CT molecular complexity index is 663. The average molecular weight is 458 g/mol. The third-order valence-electron chi connectivity index (χ3n) is 4.41. The summed E-state index contributed by atoms with van der Waals surface area (Å²) in [5.74, 6) is -0.799. The number of nitrogens with zero attached hydrogens (tertiary/aromatic N) is 1. The molecule has 0 spiro atoms. The van der Waals surface area contributed by atoms with Crippen molar-refractivity contribution in [2.75, 3.05) is 6.61 Å². The molecule has 184 valence electrons.